The van der Waals surface area contributed by atoms with Gasteiger partial charge in [-0.15, -0.1) is 0 Å². The van der Waals surface area contributed by atoms with Crippen LogP contribution in [0.2, 0.25) is 0 Å². The van der Waals surface area contributed by atoms with Crippen molar-refractivity contribution in [2.75, 3.05) is 24.5 Å². The molecule has 0 saturated heterocycles. The molecule has 0 heterocycles. The predicted octanol–water partition coefficient (Wildman–Crippen LogP) is 4.84. The lowest BCUT2D eigenvalue weighted by Gasteiger charge is -2.33. The van der Waals surface area contributed by atoms with Gasteiger partial charge in [-0.2, -0.15) is 0 Å². The highest BCUT2D eigenvalue weighted by Gasteiger charge is 2.33. The number of sulfonamides is 1. The summed E-state index contributed by atoms with van der Waals surface area (Å²) in [6, 6.07) is 20.0. The highest BCUT2D eigenvalue weighted by molar-refractivity contribution is 7.92. The number of hydrogen-bond acceptors (Lipinski definition) is 5. The molecular formula is C31H39N3O5S. The van der Waals surface area contributed by atoms with E-state index in [9.17, 15) is 18.0 Å². The van der Waals surface area contributed by atoms with E-state index >= 15 is 0 Å². The fraction of sp³-hybridized carbons (Fsp3) is 0.355. The summed E-state index contributed by atoms with van der Waals surface area (Å²) in [6.45, 7) is 7.73. The summed E-state index contributed by atoms with van der Waals surface area (Å²) < 4.78 is 34.2. The maximum Gasteiger partial charge on any atom is 0.264 e. The maximum absolute atomic E-state index is 14.0. The highest BCUT2D eigenvalue weighted by Crippen LogP contribution is 2.26. The van der Waals surface area contributed by atoms with Gasteiger partial charge in [-0.3, -0.25) is 13.9 Å². The van der Waals surface area contributed by atoms with Crippen LogP contribution in [0.3, 0.4) is 0 Å². The summed E-state index contributed by atoms with van der Waals surface area (Å²) in [7, 11) is -2.52. The molecule has 1 N–H and O–H groups in total. The lowest BCUT2D eigenvalue weighted by atomic mass is 10.1. The number of nitrogens with zero attached hydrogens (tertiary/aromatic N) is 2. The van der Waals surface area contributed by atoms with Crippen LogP contribution in [0, 0.1) is 13.8 Å². The third-order valence-electron chi connectivity index (χ3n) is 6.66. The predicted molar refractivity (Wildman–Crippen MR) is 158 cm³/mol. The molecule has 3 aromatic rings. The van der Waals surface area contributed by atoms with Crippen LogP contribution < -0.4 is 14.4 Å². The molecule has 0 aromatic heterocycles. The van der Waals surface area contributed by atoms with Gasteiger partial charge in [-0.05, 0) is 68.7 Å². The molecule has 0 aliphatic heterocycles. The molecule has 214 valence electrons. The molecule has 0 saturated carbocycles. The van der Waals surface area contributed by atoms with Crippen LogP contribution in [-0.4, -0.2) is 51.4 Å². The van der Waals surface area contributed by atoms with E-state index in [1.807, 2.05) is 39.8 Å². The second-order valence-electron chi connectivity index (χ2n) is 9.75. The smallest absolute Gasteiger partial charge is 0.264 e. The van der Waals surface area contributed by atoms with Crippen molar-refractivity contribution in [3.05, 3.63) is 89.5 Å². The molecule has 2 amide bonds. The summed E-state index contributed by atoms with van der Waals surface area (Å²) in [5.74, 6) is -0.0795. The Kier molecular flexibility index (Phi) is 10.7. The minimum Gasteiger partial charge on any atom is -0.497 e. The van der Waals surface area contributed by atoms with Crippen LogP contribution in [0.1, 0.15) is 43.4 Å². The summed E-state index contributed by atoms with van der Waals surface area (Å²) in [6.07, 6.45) is 1.12. The van der Waals surface area contributed by atoms with Crippen LogP contribution in [0.5, 0.6) is 5.75 Å². The third kappa shape index (κ3) is 7.63. The molecule has 0 bridgehead atoms. The van der Waals surface area contributed by atoms with Gasteiger partial charge in [0.1, 0.15) is 18.3 Å². The van der Waals surface area contributed by atoms with Crippen molar-refractivity contribution in [2.24, 2.45) is 0 Å². The normalized spacial score (nSPS) is 11.9. The topological polar surface area (TPSA) is 96.0 Å². The molecule has 0 aliphatic rings. The molecule has 3 aromatic carbocycles. The van der Waals surface area contributed by atoms with E-state index in [0.29, 0.717) is 24.4 Å². The molecule has 0 aliphatic carbocycles. The molecule has 1 unspecified atom stereocenters. The van der Waals surface area contributed by atoms with E-state index in [2.05, 4.69) is 5.32 Å². The number of carbonyl (C=O) groups is 2. The fourth-order valence-electron chi connectivity index (χ4n) is 4.29. The molecule has 0 fully saturated rings. The SMILES string of the molecule is CCCNC(=O)C(CC)N(Cc1ccc(OC)cc1)C(=O)CN(c1ccc(C)cc1)S(=O)(=O)c1ccc(C)cc1. The Balaban J connectivity index is 2.03. The largest absolute Gasteiger partial charge is 0.497 e. The van der Waals surface area contributed by atoms with Crippen LogP contribution in [-0.2, 0) is 26.2 Å². The standard InChI is InChI=1S/C31H39N3O5S/c1-6-20-32-31(36)29(7-2)33(21-25-12-16-27(39-5)17-13-25)30(35)22-34(26-14-8-23(3)9-15-26)40(37,38)28-18-10-24(4)11-19-28/h8-19,29H,6-7,20-22H2,1-5H3,(H,32,36). The van der Waals surface area contributed by atoms with Crippen molar-refractivity contribution in [1.82, 2.24) is 10.2 Å². The van der Waals surface area contributed by atoms with E-state index in [1.165, 1.54) is 4.90 Å². The van der Waals surface area contributed by atoms with E-state index in [0.717, 1.165) is 27.4 Å². The zero-order valence-corrected chi connectivity index (χ0v) is 24.7. The second kappa shape index (κ2) is 14.0. The van der Waals surface area contributed by atoms with Gasteiger partial charge in [0.2, 0.25) is 11.8 Å². The monoisotopic (exact) mass is 565 g/mol. The Morgan fingerprint density at radius 2 is 1.45 bits per heavy atom. The number of methoxy groups -OCH3 is 1. The van der Waals surface area contributed by atoms with Crippen molar-refractivity contribution in [3.63, 3.8) is 0 Å². The zero-order chi connectivity index (χ0) is 29.3. The molecule has 1 atom stereocenters. The summed E-state index contributed by atoms with van der Waals surface area (Å²) in [5.41, 5.74) is 3.04. The number of ether oxygens (including phenoxy) is 1. The quantitative estimate of drug-likeness (QED) is 0.320. The van der Waals surface area contributed by atoms with Crippen molar-refractivity contribution in [1.29, 1.82) is 0 Å². The lowest BCUT2D eigenvalue weighted by Crippen LogP contribution is -2.52. The zero-order valence-electron chi connectivity index (χ0n) is 23.9. The van der Waals surface area contributed by atoms with Crippen LogP contribution in [0.15, 0.2) is 77.7 Å². The molecule has 0 spiro atoms. The van der Waals surface area contributed by atoms with Gasteiger partial charge in [-0.1, -0.05) is 61.4 Å². The Labute approximate surface area is 238 Å². The summed E-state index contributed by atoms with van der Waals surface area (Å²) >= 11 is 0. The molecule has 8 nitrogen and oxygen atoms in total. The lowest BCUT2D eigenvalue weighted by molar-refractivity contribution is -0.140. The first kappa shape index (κ1) is 30.7. The minimum atomic E-state index is -4.09. The number of nitrogens with one attached hydrogen (secondary N) is 1. The number of hydrogen-bond donors (Lipinski definition) is 1. The fourth-order valence-corrected chi connectivity index (χ4v) is 5.70. The Hall–Kier alpha value is -3.85. The van der Waals surface area contributed by atoms with E-state index in [-0.39, 0.29) is 17.3 Å². The van der Waals surface area contributed by atoms with Crippen molar-refractivity contribution in [3.8, 4) is 5.75 Å². The Bertz CT molecular complexity index is 1370. The first-order valence-corrected chi connectivity index (χ1v) is 14.9. The molecular weight excluding hydrogens is 526 g/mol. The van der Waals surface area contributed by atoms with E-state index in [1.54, 1.807) is 67.8 Å². The van der Waals surface area contributed by atoms with Crippen LogP contribution in [0.4, 0.5) is 5.69 Å². The van der Waals surface area contributed by atoms with E-state index < -0.39 is 28.5 Å². The van der Waals surface area contributed by atoms with Gasteiger partial charge in [0.25, 0.3) is 10.0 Å². The molecule has 40 heavy (non-hydrogen) atoms. The van der Waals surface area contributed by atoms with Crippen molar-refractivity contribution < 1.29 is 22.7 Å². The average molecular weight is 566 g/mol. The van der Waals surface area contributed by atoms with E-state index in [4.69, 9.17) is 4.74 Å². The summed E-state index contributed by atoms with van der Waals surface area (Å²) in [4.78, 5) is 28.8. The van der Waals surface area contributed by atoms with Crippen LogP contribution >= 0.6 is 0 Å². The third-order valence-corrected chi connectivity index (χ3v) is 8.45. The number of anilines is 1. The molecule has 9 heteroatoms. The highest BCUT2D eigenvalue weighted by atomic mass is 32.2. The first-order valence-electron chi connectivity index (χ1n) is 13.5. The number of aryl methyl sites for hydroxylation is 2. The first-order chi connectivity index (χ1) is 19.1. The molecule has 0 radical (unpaired) electrons. The van der Waals surface area contributed by atoms with Gasteiger partial charge >= 0.3 is 0 Å². The van der Waals surface area contributed by atoms with Gasteiger partial charge in [0.15, 0.2) is 0 Å². The second-order valence-corrected chi connectivity index (χ2v) is 11.6. The van der Waals surface area contributed by atoms with Crippen molar-refractivity contribution in [2.45, 2.75) is 58.0 Å². The molecule has 3 rings (SSSR count). The van der Waals surface area contributed by atoms with Crippen LogP contribution in [0.25, 0.3) is 0 Å². The number of rotatable bonds is 13. The van der Waals surface area contributed by atoms with Gasteiger partial charge in [-0.25, -0.2) is 8.42 Å². The van der Waals surface area contributed by atoms with Gasteiger partial charge in [0, 0.05) is 13.1 Å². The number of benzene rings is 3. The van der Waals surface area contributed by atoms with Gasteiger partial charge < -0.3 is 15.0 Å². The number of amides is 2. The Morgan fingerprint density at radius 1 is 0.875 bits per heavy atom. The number of carbonyl (C=O) groups excluding carboxylic acids is 2. The summed E-state index contributed by atoms with van der Waals surface area (Å²) in [5, 5.41) is 2.89. The maximum atomic E-state index is 14.0. The Morgan fingerprint density at radius 3 is 1.98 bits per heavy atom. The van der Waals surface area contributed by atoms with Crippen molar-refractivity contribution >= 4 is 27.5 Å². The average Bonchev–Trinajstić information content (AvgIpc) is 2.95. The van der Waals surface area contributed by atoms with Gasteiger partial charge in [0.05, 0.1) is 17.7 Å². The minimum absolute atomic E-state index is 0.0842.